The van der Waals surface area contributed by atoms with Crippen LogP contribution in [0.1, 0.15) is 23.1 Å². The van der Waals surface area contributed by atoms with Crippen LogP contribution in [0.4, 0.5) is 0 Å². The predicted molar refractivity (Wildman–Crippen MR) is 50.9 cm³/mol. The molecular formula is C11H14O2. The first-order chi connectivity index (χ1) is 6.35. The number of hydrogen-bond donors (Lipinski definition) is 1. The topological polar surface area (TPSA) is 29.5 Å². The predicted octanol–water partition coefficient (Wildman–Crippen LogP) is 1.68. The normalized spacial score (nSPS) is 14.3. The first kappa shape index (κ1) is 8.57. The zero-order valence-corrected chi connectivity index (χ0v) is 7.84. The van der Waals surface area contributed by atoms with E-state index in [1.54, 1.807) is 7.11 Å². The van der Waals surface area contributed by atoms with Crippen molar-refractivity contribution in [1.29, 1.82) is 0 Å². The van der Waals surface area contributed by atoms with Gasteiger partial charge in [0.1, 0.15) is 5.75 Å². The summed E-state index contributed by atoms with van der Waals surface area (Å²) in [6.07, 6.45) is 3.52. The zero-order chi connectivity index (χ0) is 9.26. The van der Waals surface area contributed by atoms with E-state index in [1.807, 2.05) is 0 Å². The van der Waals surface area contributed by atoms with Gasteiger partial charge in [0.05, 0.1) is 13.7 Å². The van der Waals surface area contributed by atoms with E-state index < -0.39 is 0 Å². The Morgan fingerprint density at radius 2 is 2.00 bits per heavy atom. The Morgan fingerprint density at radius 1 is 1.31 bits per heavy atom. The lowest BCUT2D eigenvalue weighted by atomic mass is 10.1. The van der Waals surface area contributed by atoms with Gasteiger partial charge in [-0.3, -0.25) is 0 Å². The highest BCUT2D eigenvalue weighted by Crippen LogP contribution is 2.29. The number of rotatable bonds is 2. The lowest BCUT2D eigenvalue weighted by molar-refractivity contribution is 0.273. The molecule has 0 atom stereocenters. The van der Waals surface area contributed by atoms with Gasteiger partial charge < -0.3 is 9.84 Å². The smallest absolute Gasteiger partial charge is 0.124 e. The Balaban J connectivity index is 2.47. The number of hydrogen-bond acceptors (Lipinski definition) is 2. The van der Waals surface area contributed by atoms with Crippen LogP contribution < -0.4 is 4.74 Å². The van der Waals surface area contributed by atoms with Crippen molar-refractivity contribution in [2.75, 3.05) is 7.11 Å². The highest BCUT2D eigenvalue weighted by Gasteiger charge is 2.14. The summed E-state index contributed by atoms with van der Waals surface area (Å²) in [5, 5.41) is 9.10. The highest BCUT2D eigenvalue weighted by atomic mass is 16.5. The molecule has 2 nitrogen and oxygen atoms in total. The maximum absolute atomic E-state index is 9.10. The second kappa shape index (κ2) is 3.38. The number of fused-ring (bicyclic) bond motifs is 1. The molecule has 0 heterocycles. The number of methoxy groups -OCH3 is 1. The van der Waals surface area contributed by atoms with E-state index in [-0.39, 0.29) is 6.61 Å². The van der Waals surface area contributed by atoms with Crippen LogP contribution in [-0.4, -0.2) is 12.2 Å². The van der Waals surface area contributed by atoms with Crippen molar-refractivity contribution in [1.82, 2.24) is 0 Å². The molecule has 13 heavy (non-hydrogen) atoms. The van der Waals surface area contributed by atoms with Crippen LogP contribution in [0, 0.1) is 0 Å². The molecule has 0 aliphatic heterocycles. The molecule has 2 heteroatoms. The molecule has 0 bridgehead atoms. The van der Waals surface area contributed by atoms with E-state index in [4.69, 9.17) is 9.84 Å². The lowest BCUT2D eigenvalue weighted by Gasteiger charge is -2.09. The molecular weight excluding hydrogens is 164 g/mol. The van der Waals surface area contributed by atoms with Crippen LogP contribution in [-0.2, 0) is 19.4 Å². The highest BCUT2D eigenvalue weighted by molar-refractivity contribution is 5.44. The Labute approximate surface area is 78.2 Å². The standard InChI is InChI=1S/C11H14O2/c1-13-11-6-9-4-2-3-8(9)5-10(11)7-12/h5-6,12H,2-4,7H2,1H3. The van der Waals surface area contributed by atoms with Crippen molar-refractivity contribution in [3.63, 3.8) is 0 Å². The third kappa shape index (κ3) is 1.42. The van der Waals surface area contributed by atoms with Crippen LogP contribution in [0.25, 0.3) is 0 Å². The molecule has 1 N–H and O–H groups in total. The minimum absolute atomic E-state index is 0.0659. The zero-order valence-electron chi connectivity index (χ0n) is 7.84. The summed E-state index contributed by atoms with van der Waals surface area (Å²) in [4.78, 5) is 0. The van der Waals surface area contributed by atoms with E-state index in [0.717, 1.165) is 24.2 Å². The van der Waals surface area contributed by atoms with E-state index in [9.17, 15) is 0 Å². The minimum atomic E-state index is 0.0659. The molecule has 70 valence electrons. The number of aryl methyl sites for hydroxylation is 2. The molecule has 1 aliphatic carbocycles. The van der Waals surface area contributed by atoms with Crippen LogP contribution in [0.5, 0.6) is 5.75 Å². The monoisotopic (exact) mass is 178 g/mol. The Hall–Kier alpha value is -1.02. The number of aliphatic hydroxyl groups excluding tert-OH is 1. The van der Waals surface area contributed by atoms with Crippen molar-refractivity contribution < 1.29 is 9.84 Å². The number of aliphatic hydroxyl groups is 1. The molecule has 0 radical (unpaired) electrons. The van der Waals surface area contributed by atoms with Gasteiger partial charge in [-0.05, 0) is 42.5 Å². The molecule has 0 amide bonds. The summed E-state index contributed by atoms with van der Waals surface area (Å²) in [6.45, 7) is 0.0659. The molecule has 0 spiro atoms. The lowest BCUT2D eigenvalue weighted by Crippen LogP contribution is -1.95. The SMILES string of the molecule is COc1cc2c(cc1CO)CCC2. The second-order valence-electron chi connectivity index (χ2n) is 3.44. The van der Waals surface area contributed by atoms with Crippen LogP contribution >= 0.6 is 0 Å². The Bertz CT molecular complexity index is 287. The van der Waals surface area contributed by atoms with Gasteiger partial charge in [0.15, 0.2) is 0 Å². The molecule has 0 saturated heterocycles. The fourth-order valence-corrected chi connectivity index (χ4v) is 1.97. The van der Waals surface area contributed by atoms with Gasteiger partial charge in [0, 0.05) is 5.56 Å². The summed E-state index contributed by atoms with van der Waals surface area (Å²) in [6, 6.07) is 4.13. The van der Waals surface area contributed by atoms with Crippen molar-refractivity contribution in [2.45, 2.75) is 25.9 Å². The summed E-state index contributed by atoms with van der Waals surface area (Å²) in [5.74, 6) is 0.822. The summed E-state index contributed by atoms with van der Waals surface area (Å²) in [7, 11) is 1.65. The molecule has 2 rings (SSSR count). The molecule has 0 aromatic heterocycles. The largest absolute Gasteiger partial charge is 0.496 e. The Kier molecular flexibility index (Phi) is 2.23. The first-order valence-electron chi connectivity index (χ1n) is 4.64. The van der Waals surface area contributed by atoms with Gasteiger partial charge in [-0.15, -0.1) is 0 Å². The van der Waals surface area contributed by atoms with Crippen molar-refractivity contribution in [2.24, 2.45) is 0 Å². The van der Waals surface area contributed by atoms with Gasteiger partial charge >= 0.3 is 0 Å². The quantitative estimate of drug-likeness (QED) is 0.746. The van der Waals surface area contributed by atoms with Crippen LogP contribution in [0.15, 0.2) is 12.1 Å². The van der Waals surface area contributed by atoms with Crippen molar-refractivity contribution in [3.8, 4) is 5.75 Å². The molecule has 0 fully saturated rings. The van der Waals surface area contributed by atoms with Crippen LogP contribution in [0.2, 0.25) is 0 Å². The maximum Gasteiger partial charge on any atom is 0.124 e. The Morgan fingerprint density at radius 3 is 2.62 bits per heavy atom. The minimum Gasteiger partial charge on any atom is -0.496 e. The maximum atomic E-state index is 9.10. The second-order valence-corrected chi connectivity index (χ2v) is 3.44. The van der Waals surface area contributed by atoms with Gasteiger partial charge in [-0.2, -0.15) is 0 Å². The van der Waals surface area contributed by atoms with Crippen LogP contribution in [0.3, 0.4) is 0 Å². The molecule has 1 aromatic rings. The van der Waals surface area contributed by atoms with E-state index in [0.29, 0.717) is 0 Å². The fourth-order valence-electron chi connectivity index (χ4n) is 1.97. The average molecular weight is 178 g/mol. The van der Waals surface area contributed by atoms with E-state index >= 15 is 0 Å². The number of benzene rings is 1. The first-order valence-corrected chi connectivity index (χ1v) is 4.64. The number of ether oxygens (including phenoxy) is 1. The summed E-state index contributed by atoms with van der Waals surface area (Å²) < 4.78 is 5.20. The van der Waals surface area contributed by atoms with Gasteiger partial charge in [-0.1, -0.05) is 0 Å². The third-order valence-corrected chi connectivity index (χ3v) is 2.67. The third-order valence-electron chi connectivity index (χ3n) is 2.67. The molecule has 0 unspecified atom stereocenters. The van der Waals surface area contributed by atoms with E-state index in [1.165, 1.54) is 17.5 Å². The van der Waals surface area contributed by atoms with Gasteiger partial charge in [0.2, 0.25) is 0 Å². The van der Waals surface area contributed by atoms with E-state index in [2.05, 4.69) is 12.1 Å². The summed E-state index contributed by atoms with van der Waals surface area (Å²) >= 11 is 0. The average Bonchev–Trinajstić information content (AvgIpc) is 2.62. The summed E-state index contributed by atoms with van der Waals surface area (Å²) in [5.41, 5.74) is 3.67. The van der Waals surface area contributed by atoms with Crippen molar-refractivity contribution >= 4 is 0 Å². The fraction of sp³-hybridized carbons (Fsp3) is 0.455. The van der Waals surface area contributed by atoms with Gasteiger partial charge in [0.25, 0.3) is 0 Å². The van der Waals surface area contributed by atoms with Crippen molar-refractivity contribution in [3.05, 3.63) is 28.8 Å². The molecule has 1 aliphatic rings. The van der Waals surface area contributed by atoms with Gasteiger partial charge in [-0.25, -0.2) is 0 Å². The molecule has 0 saturated carbocycles. The molecule has 1 aromatic carbocycles.